The third-order valence-electron chi connectivity index (χ3n) is 4.33. The van der Waals surface area contributed by atoms with Gasteiger partial charge in [-0.15, -0.1) is 0 Å². The summed E-state index contributed by atoms with van der Waals surface area (Å²) in [4.78, 5) is 10.9. The van der Waals surface area contributed by atoms with Gasteiger partial charge in [0, 0.05) is 36.4 Å². The number of hydrogen-bond donors (Lipinski definition) is 2. The molecule has 0 bridgehead atoms. The molecule has 0 spiro atoms. The Kier molecular flexibility index (Phi) is 3.08. The molecular formula is C17H18N4O. The second-order valence-electron chi connectivity index (χ2n) is 5.87. The molecular weight excluding hydrogens is 276 g/mol. The Bertz CT molecular complexity index is 797. The third-order valence-corrected chi connectivity index (χ3v) is 4.33. The van der Waals surface area contributed by atoms with Gasteiger partial charge in [-0.2, -0.15) is 0 Å². The van der Waals surface area contributed by atoms with Crippen molar-refractivity contribution in [1.82, 2.24) is 4.98 Å². The van der Waals surface area contributed by atoms with Gasteiger partial charge in [0.25, 0.3) is 0 Å². The summed E-state index contributed by atoms with van der Waals surface area (Å²) in [5, 5.41) is 10.9. The standard InChI is InChI=1S/C17H18N4O/c18-17-8-16(21-6-4-13(22)10-21)14-2-1-11(7-15(14)20-17)12-3-5-19-9-12/h1-3,5,7-8,13,22H,4,6,9-10H2,(H2,18,20)/t13-/m0/s1. The Labute approximate surface area is 128 Å². The van der Waals surface area contributed by atoms with E-state index in [1.165, 1.54) is 5.57 Å². The molecule has 0 aliphatic carbocycles. The molecule has 1 saturated heterocycles. The Morgan fingerprint density at radius 3 is 2.91 bits per heavy atom. The lowest BCUT2D eigenvalue weighted by Crippen LogP contribution is -2.21. The SMILES string of the molecule is Nc1cc(N2CC[C@H](O)C2)c2ccc(C3=CC=NC3)cc2n1. The number of rotatable bonds is 2. The number of allylic oxidation sites excluding steroid dienone is 1. The predicted molar refractivity (Wildman–Crippen MR) is 90.3 cm³/mol. The highest BCUT2D eigenvalue weighted by atomic mass is 16.3. The van der Waals surface area contributed by atoms with Gasteiger partial charge in [0.1, 0.15) is 5.82 Å². The fraction of sp³-hybridized carbons (Fsp3) is 0.294. The van der Waals surface area contributed by atoms with Crippen molar-refractivity contribution in [1.29, 1.82) is 0 Å². The number of nitrogens with zero attached hydrogens (tertiary/aromatic N) is 3. The average molecular weight is 294 g/mol. The number of hydrogen-bond acceptors (Lipinski definition) is 5. The number of aliphatic hydroxyl groups is 1. The lowest BCUT2D eigenvalue weighted by atomic mass is 10.0. The van der Waals surface area contributed by atoms with Gasteiger partial charge in [0.2, 0.25) is 0 Å². The van der Waals surface area contributed by atoms with E-state index in [2.05, 4.69) is 33.1 Å². The molecule has 0 amide bonds. The number of benzene rings is 1. The topological polar surface area (TPSA) is 74.7 Å². The Morgan fingerprint density at radius 1 is 1.27 bits per heavy atom. The summed E-state index contributed by atoms with van der Waals surface area (Å²) in [7, 11) is 0. The number of β-amino-alcohol motifs (C(OH)–C–C–N with tert-alkyl or cyclic N) is 1. The highest BCUT2D eigenvalue weighted by Gasteiger charge is 2.22. The molecule has 22 heavy (non-hydrogen) atoms. The molecule has 4 rings (SSSR count). The first-order chi connectivity index (χ1) is 10.7. The van der Waals surface area contributed by atoms with Gasteiger partial charge >= 0.3 is 0 Å². The van der Waals surface area contributed by atoms with Crippen LogP contribution in [0.2, 0.25) is 0 Å². The zero-order valence-electron chi connectivity index (χ0n) is 12.2. The van der Waals surface area contributed by atoms with E-state index in [1.807, 2.05) is 18.4 Å². The number of fused-ring (bicyclic) bond motifs is 1. The van der Waals surface area contributed by atoms with Crippen LogP contribution in [0.15, 0.2) is 35.3 Å². The van der Waals surface area contributed by atoms with Crippen LogP contribution in [0.1, 0.15) is 12.0 Å². The van der Waals surface area contributed by atoms with E-state index in [1.54, 1.807) is 0 Å². The molecule has 2 aliphatic rings. The summed E-state index contributed by atoms with van der Waals surface area (Å²) in [5.41, 5.74) is 10.3. The molecule has 1 fully saturated rings. The number of aliphatic imine (C=N–C) groups is 1. The molecule has 2 aromatic rings. The van der Waals surface area contributed by atoms with Gasteiger partial charge in [0.15, 0.2) is 0 Å². The first-order valence-electron chi connectivity index (χ1n) is 7.53. The number of nitrogen functional groups attached to an aromatic ring is 1. The van der Waals surface area contributed by atoms with E-state index in [0.717, 1.165) is 41.7 Å². The number of nitrogens with two attached hydrogens (primary N) is 1. The molecule has 0 radical (unpaired) electrons. The second-order valence-corrected chi connectivity index (χ2v) is 5.87. The minimum absolute atomic E-state index is 0.260. The van der Waals surface area contributed by atoms with Gasteiger partial charge in [-0.05, 0) is 29.7 Å². The number of aliphatic hydroxyl groups excluding tert-OH is 1. The minimum atomic E-state index is -0.260. The average Bonchev–Trinajstić information content (AvgIpc) is 3.17. The van der Waals surface area contributed by atoms with Gasteiger partial charge in [-0.3, -0.25) is 4.99 Å². The van der Waals surface area contributed by atoms with Crippen LogP contribution in [0.4, 0.5) is 11.5 Å². The first kappa shape index (κ1) is 13.3. The highest BCUT2D eigenvalue weighted by Crippen LogP contribution is 2.32. The van der Waals surface area contributed by atoms with E-state index in [4.69, 9.17) is 5.73 Å². The van der Waals surface area contributed by atoms with Gasteiger partial charge in [-0.25, -0.2) is 4.98 Å². The van der Waals surface area contributed by atoms with Crippen LogP contribution in [-0.2, 0) is 0 Å². The molecule has 1 atom stereocenters. The highest BCUT2D eigenvalue weighted by molar-refractivity contribution is 5.97. The monoisotopic (exact) mass is 294 g/mol. The summed E-state index contributed by atoms with van der Waals surface area (Å²) in [6, 6.07) is 8.17. The summed E-state index contributed by atoms with van der Waals surface area (Å²) in [6.45, 7) is 2.22. The molecule has 3 N–H and O–H groups in total. The summed E-state index contributed by atoms with van der Waals surface area (Å²) in [5.74, 6) is 0.512. The van der Waals surface area contributed by atoms with Crippen LogP contribution >= 0.6 is 0 Å². The number of aromatic nitrogens is 1. The molecule has 0 unspecified atom stereocenters. The third kappa shape index (κ3) is 2.23. The van der Waals surface area contributed by atoms with Crippen LogP contribution in [0.25, 0.3) is 16.5 Å². The van der Waals surface area contributed by atoms with Crippen molar-refractivity contribution in [3.05, 3.63) is 35.9 Å². The van der Waals surface area contributed by atoms with Crippen molar-refractivity contribution in [3.8, 4) is 0 Å². The van der Waals surface area contributed by atoms with E-state index in [0.29, 0.717) is 12.4 Å². The van der Waals surface area contributed by atoms with Crippen molar-refractivity contribution in [2.75, 3.05) is 30.3 Å². The van der Waals surface area contributed by atoms with E-state index in [-0.39, 0.29) is 6.10 Å². The zero-order chi connectivity index (χ0) is 15.1. The molecule has 2 aliphatic heterocycles. The molecule has 1 aromatic heterocycles. The second kappa shape index (κ2) is 5.10. The predicted octanol–water partition coefficient (Wildman–Crippen LogP) is 1.86. The summed E-state index contributed by atoms with van der Waals surface area (Å²) in [6.07, 6.45) is 4.41. The van der Waals surface area contributed by atoms with Crippen LogP contribution in [0, 0.1) is 0 Å². The van der Waals surface area contributed by atoms with Crippen LogP contribution < -0.4 is 10.6 Å². The maximum Gasteiger partial charge on any atom is 0.126 e. The van der Waals surface area contributed by atoms with Crippen molar-refractivity contribution >= 4 is 34.2 Å². The lowest BCUT2D eigenvalue weighted by molar-refractivity contribution is 0.198. The summed E-state index contributed by atoms with van der Waals surface area (Å²) < 4.78 is 0. The van der Waals surface area contributed by atoms with Crippen LogP contribution in [0.3, 0.4) is 0 Å². The van der Waals surface area contributed by atoms with Gasteiger partial charge in [0.05, 0.1) is 18.2 Å². The maximum absolute atomic E-state index is 9.78. The van der Waals surface area contributed by atoms with Gasteiger partial charge < -0.3 is 15.7 Å². The van der Waals surface area contributed by atoms with Crippen molar-refractivity contribution < 1.29 is 5.11 Å². The first-order valence-corrected chi connectivity index (χ1v) is 7.53. The smallest absolute Gasteiger partial charge is 0.126 e. The normalized spacial score (nSPS) is 20.9. The summed E-state index contributed by atoms with van der Waals surface area (Å²) >= 11 is 0. The number of pyridine rings is 1. The number of anilines is 2. The van der Waals surface area contributed by atoms with Crippen LogP contribution in [-0.4, -0.2) is 42.0 Å². The Morgan fingerprint density at radius 2 is 2.18 bits per heavy atom. The fourth-order valence-electron chi connectivity index (χ4n) is 3.19. The fourth-order valence-corrected chi connectivity index (χ4v) is 3.19. The van der Waals surface area contributed by atoms with Gasteiger partial charge in [-0.1, -0.05) is 12.1 Å². The largest absolute Gasteiger partial charge is 0.391 e. The molecule has 1 aromatic carbocycles. The van der Waals surface area contributed by atoms with Crippen molar-refractivity contribution in [3.63, 3.8) is 0 Å². The zero-order valence-corrected chi connectivity index (χ0v) is 12.2. The lowest BCUT2D eigenvalue weighted by Gasteiger charge is -2.20. The van der Waals surface area contributed by atoms with E-state index >= 15 is 0 Å². The quantitative estimate of drug-likeness (QED) is 0.886. The molecule has 5 heteroatoms. The van der Waals surface area contributed by atoms with E-state index < -0.39 is 0 Å². The Balaban J connectivity index is 1.81. The Hall–Kier alpha value is -2.40. The molecule has 3 heterocycles. The van der Waals surface area contributed by atoms with Crippen molar-refractivity contribution in [2.45, 2.75) is 12.5 Å². The molecule has 5 nitrogen and oxygen atoms in total. The maximum atomic E-state index is 9.78. The van der Waals surface area contributed by atoms with E-state index in [9.17, 15) is 5.11 Å². The van der Waals surface area contributed by atoms with Crippen LogP contribution in [0.5, 0.6) is 0 Å². The molecule has 0 saturated carbocycles. The molecule has 112 valence electrons. The minimum Gasteiger partial charge on any atom is -0.391 e. The van der Waals surface area contributed by atoms with Crippen molar-refractivity contribution in [2.24, 2.45) is 4.99 Å².